The fraction of sp³-hybridized carbons (Fsp3) is 0.667. The molecule has 0 aromatic heterocycles. The highest BCUT2D eigenvalue weighted by Gasteiger charge is 2.42. The zero-order valence-corrected chi connectivity index (χ0v) is 16.7. The zero-order valence-electron chi connectivity index (χ0n) is 16.7. The van der Waals surface area contributed by atoms with Crippen molar-refractivity contribution >= 4 is 11.6 Å². The van der Waals surface area contributed by atoms with E-state index >= 15 is 0 Å². The average Bonchev–Trinajstić information content (AvgIpc) is 2.62. The first-order valence-corrected chi connectivity index (χ1v) is 9.78. The smallest absolute Gasteiger partial charge is 0.256 e. The summed E-state index contributed by atoms with van der Waals surface area (Å²) in [6, 6.07) is 7.57. The summed E-state index contributed by atoms with van der Waals surface area (Å²) in [7, 11) is 4.04. The Bertz CT molecular complexity index is 543. The third kappa shape index (κ3) is 5.99. The molecule has 1 aliphatic carbocycles. The normalized spacial score (nSPS) is 23.0. The lowest BCUT2D eigenvalue weighted by Gasteiger charge is -2.38. The van der Waals surface area contributed by atoms with Crippen LogP contribution in [-0.4, -0.2) is 50.3 Å². The summed E-state index contributed by atoms with van der Waals surface area (Å²) < 4.78 is 11.8. The van der Waals surface area contributed by atoms with Crippen molar-refractivity contribution in [1.82, 2.24) is 4.90 Å². The fourth-order valence-corrected chi connectivity index (χ4v) is 3.19. The summed E-state index contributed by atoms with van der Waals surface area (Å²) in [5.74, 6) is 1.46. The van der Waals surface area contributed by atoms with Crippen LogP contribution in [0, 0.1) is 5.92 Å². The van der Waals surface area contributed by atoms with Gasteiger partial charge in [0.1, 0.15) is 18.0 Å². The van der Waals surface area contributed by atoms with Crippen molar-refractivity contribution in [3.8, 4) is 5.75 Å². The predicted octanol–water partition coefficient (Wildman–Crippen LogP) is 3.94. The van der Waals surface area contributed by atoms with E-state index in [4.69, 9.17) is 9.47 Å². The summed E-state index contributed by atoms with van der Waals surface area (Å²) in [5.41, 5.74) is 0.108. The van der Waals surface area contributed by atoms with Crippen LogP contribution in [-0.2, 0) is 9.53 Å². The van der Waals surface area contributed by atoms with E-state index in [0.29, 0.717) is 19.1 Å². The summed E-state index contributed by atoms with van der Waals surface area (Å²) in [5, 5.41) is 3.05. The standard InChI is InChI=1S/C21H34N2O3/c1-5-15-26-21(12-10-17(2)11-13-21)20(24)22-18-6-8-19(9-7-18)25-16-14-23(3)4/h6-9,17H,5,10-16H2,1-4H3,(H,22,24). The molecule has 1 aromatic rings. The van der Waals surface area contributed by atoms with Crippen molar-refractivity contribution in [3.63, 3.8) is 0 Å². The second-order valence-electron chi connectivity index (χ2n) is 7.66. The van der Waals surface area contributed by atoms with Crippen LogP contribution in [0.1, 0.15) is 46.0 Å². The number of ether oxygens (including phenoxy) is 2. The van der Waals surface area contributed by atoms with Gasteiger partial charge in [-0.05, 0) is 76.4 Å². The molecule has 0 saturated heterocycles. The molecule has 1 aromatic carbocycles. The van der Waals surface area contributed by atoms with Gasteiger partial charge >= 0.3 is 0 Å². The van der Waals surface area contributed by atoms with Gasteiger partial charge in [0.05, 0.1) is 0 Å². The molecule has 2 rings (SSSR count). The zero-order chi connectivity index (χ0) is 19.0. The highest BCUT2D eigenvalue weighted by atomic mass is 16.5. The number of hydrogen-bond donors (Lipinski definition) is 1. The molecule has 1 aliphatic rings. The summed E-state index contributed by atoms with van der Waals surface area (Å²) in [4.78, 5) is 15.0. The molecule has 0 bridgehead atoms. The van der Waals surface area contributed by atoms with Gasteiger partial charge in [-0.25, -0.2) is 0 Å². The van der Waals surface area contributed by atoms with E-state index in [2.05, 4.69) is 24.1 Å². The number of carbonyl (C=O) groups is 1. The third-order valence-electron chi connectivity index (χ3n) is 5.00. The van der Waals surface area contributed by atoms with Crippen LogP contribution >= 0.6 is 0 Å². The van der Waals surface area contributed by atoms with Gasteiger partial charge in [0.2, 0.25) is 0 Å². The van der Waals surface area contributed by atoms with E-state index in [0.717, 1.165) is 50.1 Å². The maximum Gasteiger partial charge on any atom is 0.256 e. The molecule has 26 heavy (non-hydrogen) atoms. The monoisotopic (exact) mass is 362 g/mol. The topological polar surface area (TPSA) is 50.8 Å². The Hall–Kier alpha value is -1.59. The maximum absolute atomic E-state index is 13.0. The number of likely N-dealkylation sites (N-methyl/N-ethyl adjacent to an activating group) is 1. The van der Waals surface area contributed by atoms with E-state index in [1.165, 1.54) is 0 Å². The SMILES string of the molecule is CCCOC1(C(=O)Nc2ccc(OCCN(C)C)cc2)CCC(C)CC1. The van der Waals surface area contributed by atoms with Crippen LogP contribution in [0.2, 0.25) is 0 Å². The Labute approximate surface area is 158 Å². The van der Waals surface area contributed by atoms with Crippen LogP contribution in [0.3, 0.4) is 0 Å². The number of benzene rings is 1. The van der Waals surface area contributed by atoms with Crippen molar-refractivity contribution < 1.29 is 14.3 Å². The van der Waals surface area contributed by atoms with Gasteiger partial charge in [0.15, 0.2) is 0 Å². The van der Waals surface area contributed by atoms with Crippen molar-refractivity contribution in [2.45, 2.75) is 51.6 Å². The van der Waals surface area contributed by atoms with Crippen LogP contribution in [0.15, 0.2) is 24.3 Å². The first-order chi connectivity index (χ1) is 12.4. The number of nitrogens with one attached hydrogen (secondary N) is 1. The van der Waals surface area contributed by atoms with E-state index < -0.39 is 5.60 Å². The van der Waals surface area contributed by atoms with Gasteiger partial charge in [0, 0.05) is 18.8 Å². The Morgan fingerprint density at radius 1 is 1.19 bits per heavy atom. The number of hydrogen-bond acceptors (Lipinski definition) is 4. The Morgan fingerprint density at radius 3 is 2.42 bits per heavy atom. The van der Waals surface area contributed by atoms with Crippen molar-refractivity contribution in [1.29, 1.82) is 0 Å². The predicted molar refractivity (Wildman–Crippen MR) is 106 cm³/mol. The maximum atomic E-state index is 13.0. The van der Waals surface area contributed by atoms with E-state index in [1.54, 1.807) is 0 Å². The number of rotatable bonds is 9. The quantitative estimate of drug-likeness (QED) is 0.723. The summed E-state index contributed by atoms with van der Waals surface area (Å²) >= 11 is 0. The molecular weight excluding hydrogens is 328 g/mol. The Balaban J connectivity index is 1.95. The largest absolute Gasteiger partial charge is 0.492 e. The summed E-state index contributed by atoms with van der Waals surface area (Å²) in [6.45, 7) is 6.46. The van der Waals surface area contributed by atoms with Gasteiger partial charge in [-0.1, -0.05) is 13.8 Å². The molecule has 146 valence electrons. The third-order valence-corrected chi connectivity index (χ3v) is 5.00. The summed E-state index contributed by atoms with van der Waals surface area (Å²) in [6.07, 6.45) is 4.59. The molecule has 1 fully saturated rings. The molecule has 0 radical (unpaired) electrons. The molecule has 0 atom stereocenters. The first-order valence-electron chi connectivity index (χ1n) is 9.78. The second-order valence-corrected chi connectivity index (χ2v) is 7.66. The van der Waals surface area contributed by atoms with Gasteiger partial charge < -0.3 is 19.7 Å². The molecule has 1 saturated carbocycles. The number of nitrogens with zero attached hydrogens (tertiary/aromatic N) is 1. The average molecular weight is 363 g/mol. The van der Waals surface area contributed by atoms with Crippen LogP contribution in [0.25, 0.3) is 0 Å². The van der Waals surface area contributed by atoms with E-state index in [-0.39, 0.29) is 5.91 Å². The van der Waals surface area contributed by atoms with Crippen LogP contribution in [0.4, 0.5) is 5.69 Å². The minimum absolute atomic E-state index is 0.0147. The van der Waals surface area contributed by atoms with Gasteiger partial charge in [-0.3, -0.25) is 4.79 Å². The minimum atomic E-state index is -0.677. The van der Waals surface area contributed by atoms with Crippen molar-refractivity contribution in [2.75, 3.05) is 39.2 Å². The molecule has 0 spiro atoms. The Kier molecular flexibility index (Phi) is 7.91. The van der Waals surface area contributed by atoms with Gasteiger partial charge in [-0.15, -0.1) is 0 Å². The molecule has 5 nitrogen and oxygen atoms in total. The lowest BCUT2D eigenvalue weighted by Crippen LogP contribution is -2.48. The van der Waals surface area contributed by atoms with Crippen LogP contribution < -0.4 is 10.1 Å². The first kappa shape index (κ1) is 20.7. The molecule has 0 unspecified atom stereocenters. The fourth-order valence-electron chi connectivity index (χ4n) is 3.19. The van der Waals surface area contributed by atoms with Gasteiger partial charge in [0.25, 0.3) is 5.91 Å². The lowest BCUT2D eigenvalue weighted by atomic mass is 9.78. The molecule has 5 heteroatoms. The van der Waals surface area contributed by atoms with E-state index in [1.807, 2.05) is 38.4 Å². The molecular formula is C21H34N2O3. The van der Waals surface area contributed by atoms with Crippen molar-refractivity contribution in [2.24, 2.45) is 5.92 Å². The minimum Gasteiger partial charge on any atom is -0.492 e. The Morgan fingerprint density at radius 2 is 1.85 bits per heavy atom. The van der Waals surface area contributed by atoms with E-state index in [9.17, 15) is 4.79 Å². The van der Waals surface area contributed by atoms with Crippen LogP contribution in [0.5, 0.6) is 5.75 Å². The molecule has 0 aliphatic heterocycles. The lowest BCUT2D eigenvalue weighted by molar-refractivity contribution is -0.147. The van der Waals surface area contributed by atoms with Gasteiger partial charge in [-0.2, -0.15) is 0 Å². The second kappa shape index (κ2) is 9.93. The molecule has 1 N–H and O–H groups in total. The number of anilines is 1. The highest BCUT2D eigenvalue weighted by Crippen LogP contribution is 2.36. The highest BCUT2D eigenvalue weighted by molar-refractivity contribution is 5.97. The molecule has 1 amide bonds. The number of amides is 1. The van der Waals surface area contributed by atoms with Crippen molar-refractivity contribution in [3.05, 3.63) is 24.3 Å². The molecule has 0 heterocycles. The number of carbonyl (C=O) groups excluding carboxylic acids is 1.